The first-order chi connectivity index (χ1) is 5.46. The molecule has 74 valence electrons. The second-order valence-electron chi connectivity index (χ2n) is 4.48. The van der Waals surface area contributed by atoms with Crippen LogP contribution in [0.1, 0.15) is 27.2 Å². The van der Waals surface area contributed by atoms with Crippen LogP contribution < -0.4 is 0 Å². The van der Waals surface area contributed by atoms with Crippen LogP contribution in [0.25, 0.3) is 0 Å². The van der Waals surface area contributed by atoms with E-state index in [0.29, 0.717) is 0 Å². The molecule has 0 amide bonds. The van der Waals surface area contributed by atoms with Crippen LogP contribution in [0.5, 0.6) is 0 Å². The zero-order valence-corrected chi connectivity index (χ0v) is 11.2. The Labute approximate surface area is 84.3 Å². The first-order valence-electron chi connectivity index (χ1n) is 4.70. The SMILES string of the molecule is CC(C)N1CCC(C)(I(C)C)C1. The van der Waals surface area contributed by atoms with Crippen molar-refractivity contribution in [2.24, 2.45) is 0 Å². The molecule has 1 atom stereocenters. The van der Waals surface area contributed by atoms with Crippen molar-refractivity contribution in [1.29, 1.82) is 0 Å². The summed E-state index contributed by atoms with van der Waals surface area (Å²) >= 11 is -0.623. The molecule has 2 heteroatoms. The van der Waals surface area contributed by atoms with Gasteiger partial charge in [-0.2, -0.15) is 0 Å². The Balaban J connectivity index is 2.55. The van der Waals surface area contributed by atoms with Crippen molar-refractivity contribution in [2.75, 3.05) is 23.0 Å². The molecule has 0 aromatic carbocycles. The Hall–Kier alpha value is 0.690. The number of halogens is 1. The van der Waals surface area contributed by atoms with Gasteiger partial charge < -0.3 is 0 Å². The summed E-state index contributed by atoms with van der Waals surface area (Å²) in [4.78, 5) is 7.65. The third-order valence-corrected chi connectivity index (χ3v) is 9.19. The van der Waals surface area contributed by atoms with Crippen LogP contribution in [0, 0.1) is 0 Å². The van der Waals surface area contributed by atoms with E-state index in [0.717, 1.165) is 9.46 Å². The van der Waals surface area contributed by atoms with Crippen molar-refractivity contribution < 1.29 is 0 Å². The van der Waals surface area contributed by atoms with Crippen LogP contribution in [-0.4, -0.2) is 37.3 Å². The molecule has 1 aliphatic rings. The number of nitrogens with zero attached hydrogens (tertiary/aromatic N) is 1. The van der Waals surface area contributed by atoms with Crippen LogP contribution in [0.2, 0.25) is 0 Å². The van der Waals surface area contributed by atoms with Gasteiger partial charge in [0.25, 0.3) is 0 Å². The van der Waals surface area contributed by atoms with Gasteiger partial charge in [0.05, 0.1) is 0 Å². The van der Waals surface area contributed by atoms with E-state index in [1.54, 1.807) is 0 Å². The molecule has 1 fully saturated rings. The Morgan fingerprint density at radius 2 is 1.92 bits per heavy atom. The van der Waals surface area contributed by atoms with Crippen molar-refractivity contribution in [1.82, 2.24) is 4.90 Å². The van der Waals surface area contributed by atoms with Crippen LogP contribution >= 0.6 is 19.8 Å². The van der Waals surface area contributed by atoms with Gasteiger partial charge in [-0.25, -0.2) is 0 Å². The Kier molecular flexibility index (Phi) is 3.43. The summed E-state index contributed by atoms with van der Waals surface area (Å²) in [6, 6.07) is 0.752. The average molecular weight is 283 g/mol. The number of rotatable bonds is 2. The van der Waals surface area contributed by atoms with Gasteiger partial charge in [-0.1, -0.05) is 0 Å². The van der Waals surface area contributed by atoms with E-state index in [4.69, 9.17) is 0 Å². The molecule has 1 saturated heterocycles. The predicted molar refractivity (Wildman–Crippen MR) is 65.6 cm³/mol. The van der Waals surface area contributed by atoms with Gasteiger partial charge in [0.2, 0.25) is 0 Å². The van der Waals surface area contributed by atoms with E-state index in [1.165, 1.54) is 19.5 Å². The van der Waals surface area contributed by atoms with Crippen molar-refractivity contribution >= 4 is 19.8 Å². The quantitative estimate of drug-likeness (QED) is 0.556. The molecule has 0 spiro atoms. The van der Waals surface area contributed by atoms with E-state index < -0.39 is 19.8 Å². The average Bonchev–Trinajstić information content (AvgIpc) is 2.33. The molecule has 0 aliphatic carbocycles. The van der Waals surface area contributed by atoms with E-state index in [-0.39, 0.29) is 0 Å². The molecule has 0 aromatic rings. The van der Waals surface area contributed by atoms with Crippen molar-refractivity contribution in [3.05, 3.63) is 0 Å². The Morgan fingerprint density at radius 3 is 2.17 bits per heavy atom. The van der Waals surface area contributed by atoms with E-state index in [1.807, 2.05) is 0 Å². The summed E-state index contributed by atoms with van der Waals surface area (Å²) in [5, 5.41) is 0. The minimum absolute atomic E-state index is 0.623. The topological polar surface area (TPSA) is 3.24 Å². The third-order valence-electron chi connectivity index (χ3n) is 3.10. The third kappa shape index (κ3) is 2.13. The zero-order chi connectivity index (χ0) is 9.35. The minimum atomic E-state index is -0.623. The fourth-order valence-electron chi connectivity index (χ4n) is 1.71. The van der Waals surface area contributed by atoms with Gasteiger partial charge in [-0.3, -0.25) is 0 Å². The fourth-order valence-corrected chi connectivity index (χ4v) is 4.15. The fraction of sp³-hybridized carbons (Fsp3) is 1.00. The first-order valence-corrected chi connectivity index (χ1v) is 10.1. The normalized spacial score (nSPS) is 33.0. The first kappa shape index (κ1) is 10.8. The molecule has 1 unspecified atom stereocenters. The van der Waals surface area contributed by atoms with Crippen LogP contribution in [-0.2, 0) is 0 Å². The number of hydrogen-bond acceptors (Lipinski definition) is 1. The van der Waals surface area contributed by atoms with Crippen LogP contribution in [0.3, 0.4) is 0 Å². The second-order valence-corrected chi connectivity index (χ2v) is 11.4. The predicted octanol–water partition coefficient (Wildman–Crippen LogP) is 2.63. The molecule has 0 radical (unpaired) electrons. The summed E-state index contributed by atoms with van der Waals surface area (Å²) < 4.78 is 0.730. The summed E-state index contributed by atoms with van der Waals surface area (Å²) in [5.74, 6) is 0. The summed E-state index contributed by atoms with van der Waals surface area (Å²) in [5.41, 5.74) is 0. The van der Waals surface area contributed by atoms with Gasteiger partial charge in [0, 0.05) is 0 Å². The standard InChI is InChI=1S/C10H22IN/c1-9(2)12-7-6-10(3,8-12)11(4)5/h9H,6-8H2,1-5H3. The number of alkyl halides is 3. The zero-order valence-electron chi connectivity index (χ0n) is 9.02. The monoisotopic (exact) mass is 283 g/mol. The molecule has 0 aromatic heterocycles. The Bertz CT molecular complexity index is 156. The number of hydrogen-bond donors (Lipinski definition) is 0. The van der Waals surface area contributed by atoms with E-state index in [2.05, 4.69) is 35.5 Å². The van der Waals surface area contributed by atoms with E-state index >= 15 is 0 Å². The van der Waals surface area contributed by atoms with Gasteiger partial charge in [-0.15, -0.1) is 0 Å². The van der Waals surface area contributed by atoms with Gasteiger partial charge in [0.15, 0.2) is 0 Å². The summed E-state index contributed by atoms with van der Waals surface area (Å²) in [6.07, 6.45) is 1.45. The molecule has 1 aliphatic heterocycles. The van der Waals surface area contributed by atoms with Crippen molar-refractivity contribution in [2.45, 2.75) is 36.7 Å². The molecule has 1 nitrogen and oxygen atoms in total. The molecular formula is C10H22IN. The molecule has 0 saturated carbocycles. The summed E-state index contributed by atoms with van der Waals surface area (Å²) in [7, 11) is 0. The van der Waals surface area contributed by atoms with Crippen molar-refractivity contribution in [3.8, 4) is 0 Å². The van der Waals surface area contributed by atoms with Crippen LogP contribution in [0.4, 0.5) is 0 Å². The molecule has 0 N–H and O–H groups in total. The van der Waals surface area contributed by atoms with E-state index in [9.17, 15) is 0 Å². The van der Waals surface area contributed by atoms with Crippen LogP contribution in [0.15, 0.2) is 0 Å². The maximum atomic E-state index is 2.64. The van der Waals surface area contributed by atoms with Gasteiger partial charge >= 0.3 is 84.3 Å². The Morgan fingerprint density at radius 1 is 1.33 bits per heavy atom. The molecule has 1 heterocycles. The molecule has 12 heavy (non-hydrogen) atoms. The second kappa shape index (κ2) is 3.82. The van der Waals surface area contributed by atoms with Gasteiger partial charge in [0.1, 0.15) is 0 Å². The molecular weight excluding hydrogens is 261 g/mol. The summed E-state index contributed by atoms with van der Waals surface area (Å²) in [6.45, 7) is 9.83. The van der Waals surface area contributed by atoms with Crippen molar-refractivity contribution in [3.63, 3.8) is 0 Å². The van der Waals surface area contributed by atoms with Gasteiger partial charge in [-0.05, 0) is 0 Å². The molecule has 1 rings (SSSR count). The number of likely N-dealkylation sites (tertiary alicyclic amines) is 1. The molecule has 0 bridgehead atoms. The maximum absolute atomic E-state index is 2.64.